The van der Waals surface area contributed by atoms with Crippen molar-refractivity contribution in [1.29, 1.82) is 0 Å². The molecule has 1 aliphatic heterocycles. The Hall–Kier alpha value is -1.84. The first-order chi connectivity index (χ1) is 9.95. The molecule has 0 bridgehead atoms. The molecular formula is C17H24N2O2. The van der Waals surface area contributed by atoms with Crippen LogP contribution in [-0.4, -0.2) is 23.9 Å². The zero-order chi connectivity index (χ0) is 15.6. The van der Waals surface area contributed by atoms with Gasteiger partial charge in [-0.1, -0.05) is 39.8 Å². The molecular weight excluding hydrogens is 264 g/mol. The molecule has 1 aromatic rings. The second kappa shape index (κ2) is 5.88. The third-order valence-electron chi connectivity index (χ3n) is 4.20. The first-order valence-electron chi connectivity index (χ1n) is 7.68. The minimum absolute atomic E-state index is 0.000463. The van der Waals surface area contributed by atoms with Crippen molar-refractivity contribution < 1.29 is 9.59 Å². The van der Waals surface area contributed by atoms with Gasteiger partial charge in [-0.25, -0.2) is 0 Å². The SMILES string of the molecule is CCC1(CC)NC(=O)c2ccccc2N(CC(C)C)C1=O. The van der Waals surface area contributed by atoms with Crippen molar-refractivity contribution >= 4 is 17.5 Å². The number of carbonyl (C=O) groups is 2. The minimum Gasteiger partial charge on any atom is -0.338 e. The standard InChI is InChI=1S/C17H24N2O2/c1-5-17(6-2)16(21)19(11-12(3)4)14-10-8-7-9-13(14)15(20)18-17/h7-10,12H,5-6,11H2,1-4H3,(H,18,20). The van der Waals surface area contributed by atoms with Crippen molar-refractivity contribution in [2.75, 3.05) is 11.4 Å². The van der Waals surface area contributed by atoms with Gasteiger partial charge >= 0.3 is 0 Å². The number of amides is 2. The molecule has 0 spiro atoms. The van der Waals surface area contributed by atoms with Crippen LogP contribution in [-0.2, 0) is 4.79 Å². The van der Waals surface area contributed by atoms with Gasteiger partial charge in [0, 0.05) is 6.54 Å². The van der Waals surface area contributed by atoms with E-state index in [2.05, 4.69) is 19.2 Å². The number of hydrogen-bond donors (Lipinski definition) is 1. The number of para-hydroxylation sites is 1. The van der Waals surface area contributed by atoms with Crippen LogP contribution in [0.3, 0.4) is 0 Å². The Kier molecular flexibility index (Phi) is 4.35. The maximum Gasteiger partial charge on any atom is 0.254 e. The highest BCUT2D eigenvalue weighted by Gasteiger charge is 2.43. The third-order valence-corrected chi connectivity index (χ3v) is 4.20. The molecule has 1 aromatic carbocycles. The lowest BCUT2D eigenvalue weighted by molar-refractivity contribution is -0.125. The van der Waals surface area contributed by atoms with E-state index in [1.165, 1.54) is 0 Å². The summed E-state index contributed by atoms with van der Waals surface area (Å²) in [5.41, 5.74) is 0.498. The maximum absolute atomic E-state index is 13.1. The smallest absolute Gasteiger partial charge is 0.254 e. The number of benzene rings is 1. The number of anilines is 1. The molecule has 4 nitrogen and oxygen atoms in total. The van der Waals surface area contributed by atoms with Crippen LogP contribution in [0.2, 0.25) is 0 Å². The van der Waals surface area contributed by atoms with Gasteiger partial charge in [-0.15, -0.1) is 0 Å². The lowest BCUT2D eigenvalue weighted by atomic mass is 9.91. The van der Waals surface area contributed by atoms with Crippen molar-refractivity contribution in [3.8, 4) is 0 Å². The molecule has 2 amide bonds. The Morgan fingerprint density at radius 1 is 1.14 bits per heavy atom. The summed E-state index contributed by atoms with van der Waals surface area (Å²) in [4.78, 5) is 27.4. The summed E-state index contributed by atoms with van der Waals surface area (Å²) in [7, 11) is 0. The summed E-state index contributed by atoms with van der Waals surface area (Å²) >= 11 is 0. The van der Waals surface area contributed by atoms with E-state index in [4.69, 9.17) is 0 Å². The molecule has 0 aromatic heterocycles. The van der Waals surface area contributed by atoms with Crippen molar-refractivity contribution in [2.45, 2.75) is 46.1 Å². The number of hydrogen-bond acceptors (Lipinski definition) is 2. The molecule has 21 heavy (non-hydrogen) atoms. The van der Waals surface area contributed by atoms with E-state index in [0.717, 1.165) is 5.69 Å². The van der Waals surface area contributed by atoms with E-state index in [1.807, 2.05) is 32.0 Å². The van der Waals surface area contributed by atoms with Crippen molar-refractivity contribution in [3.05, 3.63) is 29.8 Å². The van der Waals surface area contributed by atoms with Crippen molar-refractivity contribution in [1.82, 2.24) is 5.32 Å². The first-order valence-corrected chi connectivity index (χ1v) is 7.68. The monoisotopic (exact) mass is 288 g/mol. The van der Waals surface area contributed by atoms with Gasteiger partial charge in [-0.05, 0) is 30.9 Å². The first kappa shape index (κ1) is 15.5. The summed E-state index contributed by atoms with van der Waals surface area (Å²) in [5, 5.41) is 2.97. The number of nitrogens with zero attached hydrogens (tertiary/aromatic N) is 1. The molecule has 1 N–H and O–H groups in total. The second-order valence-corrected chi connectivity index (χ2v) is 6.07. The Morgan fingerprint density at radius 2 is 1.76 bits per heavy atom. The van der Waals surface area contributed by atoms with Gasteiger partial charge in [0.25, 0.3) is 11.8 Å². The van der Waals surface area contributed by atoms with Gasteiger partial charge in [-0.3, -0.25) is 9.59 Å². The highest BCUT2D eigenvalue weighted by Crippen LogP contribution is 2.31. The van der Waals surface area contributed by atoms with Crippen LogP contribution in [0.15, 0.2) is 24.3 Å². The molecule has 0 unspecified atom stereocenters. The number of fused-ring (bicyclic) bond motifs is 1. The number of nitrogens with one attached hydrogen (secondary N) is 1. The summed E-state index contributed by atoms with van der Waals surface area (Å²) in [6, 6.07) is 7.35. The predicted molar refractivity (Wildman–Crippen MR) is 84.4 cm³/mol. The molecule has 0 atom stereocenters. The zero-order valence-corrected chi connectivity index (χ0v) is 13.3. The fraction of sp³-hybridized carbons (Fsp3) is 0.529. The molecule has 1 aliphatic rings. The van der Waals surface area contributed by atoms with Crippen LogP contribution >= 0.6 is 0 Å². The van der Waals surface area contributed by atoms with Gasteiger partial charge in [0.2, 0.25) is 0 Å². The molecule has 0 radical (unpaired) electrons. The highest BCUT2D eigenvalue weighted by molar-refractivity contribution is 6.12. The van der Waals surface area contributed by atoms with E-state index in [1.54, 1.807) is 11.0 Å². The Bertz CT molecular complexity index is 547. The fourth-order valence-electron chi connectivity index (χ4n) is 2.88. The lowest BCUT2D eigenvalue weighted by Crippen LogP contribution is -2.57. The molecule has 0 fully saturated rings. The molecule has 0 saturated heterocycles. The van der Waals surface area contributed by atoms with Gasteiger partial charge in [0.05, 0.1) is 11.3 Å². The maximum atomic E-state index is 13.1. The van der Waals surface area contributed by atoms with Gasteiger partial charge in [0.1, 0.15) is 5.54 Å². The van der Waals surface area contributed by atoms with E-state index < -0.39 is 5.54 Å². The van der Waals surface area contributed by atoms with Gasteiger partial charge in [-0.2, -0.15) is 0 Å². The Morgan fingerprint density at radius 3 is 2.33 bits per heavy atom. The van der Waals surface area contributed by atoms with Crippen LogP contribution < -0.4 is 10.2 Å². The van der Waals surface area contributed by atoms with Crippen LogP contribution in [0.25, 0.3) is 0 Å². The van der Waals surface area contributed by atoms with Crippen molar-refractivity contribution in [2.24, 2.45) is 5.92 Å². The van der Waals surface area contributed by atoms with Gasteiger partial charge < -0.3 is 10.2 Å². The van der Waals surface area contributed by atoms with E-state index in [0.29, 0.717) is 30.9 Å². The molecule has 2 rings (SSSR count). The van der Waals surface area contributed by atoms with E-state index in [9.17, 15) is 9.59 Å². The summed E-state index contributed by atoms with van der Waals surface area (Å²) in [5.74, 6) is 0.176. The molecule has 1 heterocycles. The Balaban J connectivity index is 2.59. The average Bonchev–Trinajstić information content (AvgIpc) is 2.56. The summed E-state index contributed by atoms with van der Waals surface area (Å²) in [6.45, 7) is 8.67. The number of carbonyl (C=O) groups excluding carboxylic acids is 2. The van der Waals surface area contributed by atoms with E-state index >= 15 is 0 Å². The Labute approximate surface area is 126 Å². The van der Waals surface area contributed by atoms with Crippen LogP contribution in [0, 0.1) is 5.92 Å². The number of rotatable bonds is 4. The third kappa shape index (κ3) is 2.67. The summed E-state index contributed by atoms with van der Waals surface area (Å²) in [6.07, 6.45) is 1.19. The normalized spacial score (nSPS) is 17.5. The lowest BCUT2D eigenvalue weighted by Gasteiger charge is -2.34. The minimum atomic E-state index is -0.801. The zero-order valence-electron chi connectivity index (χ0n) is 13.3. The van der Waals surface area contributed by atoms with E-state index in [-0.39, 0.29) is 11.8 Å². The topological polar surface area (TPSA) is 49.4 Å². The summed E-state index contributed by atoms with van der Waals surface area (Å²) < 4.78 is 0. The second-order valence-electron chi connectivity index (χ2n) is 6.07. The quantitative estimate of drug-likeness (QED) is 0.926. The van der Waals surface area contributed by atoms with Crippen LogP contribution in [0.1, 0.15) is 50.9 Å². The van der Waals surface area contributed by atoms with Gasteiger partial charge in [0.15, 0.2) is 0 Å². The van der Waals surface area contributed by atoms with Crippen LogP contribution in [0.4, 0.5) is 5.69 Å². The molecule has 114 valence electrons. The van der Waals surface area contributed by atoms with Crippen LogP contribution in [0.5, 0.6) is 0 Å². The largest absolute Gasteiger partial charge is 0.338 e. The fourth-order valence-corrected chi connectivity index (χ4v) is 2.88. The predicted octanol–water partition coefficient (Wildman–Crippen LogP) is 2.98. The molecule has 4 heteroatoms. The van der Waals surface area contributed by atoms with Crippen molar-refractivity contribution in [3.63, 3.8) is 0 Å². The highest BCUT2D eigenvalue weighted by atomic mass is 16.2. The average molecular weight is 288 g/mol. The molecule has 0 saturated carbocycles. The molecule has 0 aliphatic carbocycles.